The Balaban J connectivity index is 0.00000225. The van der Waals surface area contributed by atoms with Gasteiger partial charge in [-0.3, -0.25) is 14.5 Å². The Morgan fingerprint density at radius 3 is 2.79 bits per heavy atom. The number of β-lactam (4-membered cyclic amide) rings is 1. The molecule has 13 heteroatoms. The first kappa shape index (κ1) is 21.3. The fraction of sp³-hybridized carbons (Fsp3) is 0.267. The van der Waals surface area contributed by atoms with E-state index in [1.807, 2.05) is 17.5 Å². The number of rotatable bonds is 5. The van der Waals surface area contributed by atoms with Crippen LogP contribution >= 0.6 is 34.4 Å². The summed E-state index contributed by atoms with van der Waals surface area (Å²) < 4.78 is 0. The zero-order valence-corrected chi connectivity index (χ0v) is 19.0. The Bertz CT molecular complexity index is 961. The SMILES string of the molecule is Nc1nnc(C2=C(C(=O)[O-])N3C(=O)C(NC(=O)Cc4cccs4)[C@@H]3SC2)s1.[Na+]. The summed E-state index contributed by atoms with van der Waals surface area (Å²) in [6.45, 7) is 0. The Hall–Kier alpha value is -1.44. The fourth-order valence-corrected chi connectivity index (χ4v) is 5.72. The first-order valence-electron chi connectivity index (χ1n) is 7.76. The molecule has 0 bridgehead atoms. The van der Waals surface area contributed by atoms with Crippen LogP contribution in [0.25, 0.3) is 5.57 Å². The van der Waals surface area contributed by atoms with E-state index in [0.29, 0.717) is 16.3 Å². The van der Waals surface area contributed by atoms with E-state index in [0.717, 1.165) is 21.1 Å². The summed E-state index contributed by atoms with van der Waals surface area (Å²) in [6, 6.07) is 2.92. The Morgan fingerprint density at radius 2 is 2.18 bits per heavy atom. The summed E-state index contributed by atoms with van der Waals surface area (Å²) in [5, 5.41) is 23.9. The number of nitrogen functional groups attached to an aromatic ring is 1. The minimum absolute atomic E-state index is 0. The van der Waals surface area contributed by atoms with Crippen molar-refractivity contribution in [1.82, 2.24) is 20.4 Å². The Morgan fingerprint density at radius 1 is 1.39 bits per heavy atom. The second kappa shape index (κ2) is 8.51. The third-order valence-corrected chi connectivity index (χ3v) is 7.06. The number of carbonyl (C=O) groups is 3. The number of nitrogens with one attached hydrogen (secondary N) is 1. The van der Waals surface area contributed by atoms with E-state index < -0.39 is 23.3 Å². The first-order valence-corrected chi connectivity index (χ1v) is 10.5. The van der Waals surface area contributed by atoms with E-state index in [4.69, 9.17) is 5.73 Å². The normalized spacial score (nSPS) is 20.9. The monoisotopic (exact) mass is 445 g/mol. The van der Waals surface area contributed by atoms with Crippen molar-refractivity contribution in [3.63, 3.8) is 0 Å². The summed E-state index contributed by atoms with van der Waals surface area (Å²) in [4.78, 5) is 38.5. The third kappa shape index (κ3) is 3.84. The van der Waals surface area contributed by atoms with Gasteiger partial charge >= 0.3 is 29.6 Å². The van der Waals surface area contributed by atoms with Gasteiger partial charge in [0.05, 0.1) is 18.1 Å². The van der Waals surface area contributed by atoms with Gasteiger partial charge in [0.25, 0.3) is 5.91 Å². The number of carbonyl (C=O) groups excluding carboxylic acids is 3. The number of aliphatic carboxylic acids is 1. The molecule has 2 amide bonds. The molecule has 0 radical (unpaired) electrons. The number of anilines is 1. The van der Waals surface area contributed by atoms with E-state index >= 15 is 0 Å². The molecule has 2 aromatic heterocycles. The van der Waals surface area contributed by atoms with Crippen LogP contribution < -0.4 is 45.7 Å². The standard InChI is InChI=1S/C15H13N5O4S3.Na/c16-15-19-18-11(27-15)7-5-26-13-9(12(22)20(13)10(7)14(23)24)17-8(21)4-6-2-1-3-25-6;/h1-3,9,13H,4-5H2,(H2,16,19)(H,17,21)(H,23,24);/q;+1/p-1/t9?,13-;/m0./s1. The van der Waals surface area contributed by atoms with Gasteiger partial charge in [-0.05, 0) is 11.4 Å². The van der Waals surface area contributed by atoms with Crippen LogP contribution in [0.1, 0.15) is 9.88 Å². The summed E-state index contributed by atoms with van der Waals surface area (Å²) in [6.07, 6.45) is 0.178. The number of amides is 2. The predicted molar refractivity (Wildman–Crippen MR) is 99.3 cm³/mol. The van der Waals surface area contributed by atoms with Crippen LogP contribution in [0.15, 0.2) is 23.2 Å². The molecule has 0 spiro atoms. The number of carboxylic acids is 1. The summed E-state index contributed by atoms with van der Waals surface area (Å²) in [5.74, 6) is -1.94. The second-order valence-corrected chi connectivity index (χ2v) is 8.92. The number of aromatic nitrogens is 2. The Labute approximate surface area is 193 Å². The van der Waals surface area contributed by atoms with Crippen molar-refractivity contribution in [2.75, 3.05) is 11.5 Å². The average Bonchev–Trinajstić information content (AvgIpc) is 3.29. The summed E-state index contributed by atoms with van der Waals surface area (Å²) >= 11 is 3.85. The quantitative estimate of drug-likeness (QED) is 0.354. The van der Waals surface area contributed by atoms with E-state index in [1.54, 1.807) is 0 Å². The summed E-state index contributed by atoms with van der Waals surface area (Å²) in [7, 11) is 0. The number of nitrogens with zero attached hydrogens (tertiary/aromatic N) is 3. The molecule has 2 aliphatic rings. The molecule has 3 N–H and O–H groups in total. The molecule has 2 aliphatic heterocycles. The van der Waals surface area contributed by atoms with Crippen LogP contribution in [0, 0.1) is 0 Å². The van der Waals surface area contributed by atoms with Gasteiger partial charge in [-0.2, -0.15) is 0 Å². The molecule has 140 valence electrons. The van der Waals surface area contributed by atoms with E-state index in [9.17, 15) is 19.5 Å². The number of carboxylic acid groups (broad SMARTS) is 1. The van der Waals surface area contributed by atoms with Crippen LogP contribution in [0.5, 0.6) is 0 Å². The second-order valence-electron chi connectivity index (χ2n) is 5.77. The van der Waals surface area contributed by atoms with Crippen LogP contribution in [-0.4, -0.2) is 50.0 Å². The largest absolute Gasteiger partial charge is 1.00 e. The van der Waals surface area contributed by atoms with Gasteiger partial charge in [0.15, 0.2) is 0 Å². The number of thioether (sulfide) groups is 1. The minimum atomic E-state index is -1.47. The van der Waals surface area contributed by atoms with Crippen molar-refractivity contribution in [1.29, 1.82) is 0 Å². The fourth-order valence-electron chi connectivity index (χ4n) is 2.92. The molecule has 1 fully saturated rings. The topological polar surface area (TPSA) is 141 Å². The van der Waals surface area contributed by atoms with Crippen molar-refractivity contribution in [3.05, 3.63) is 33.1 Å². The van der Waals surface area contributed by atoms with Gasteiger partial charge in [-0.25, -0.2) is 0 Å². The Kier molecular flexibility index (Phi) is 6.47. The zero-order chi connectivity index (χ0) is 19.1. The van der Waals surface area contributed by atoms with E-state index in [-0.39, 0.29) is 52.7 Å². The molecule has 1 unspecified atom stereocenters. The first-order chi connectivity index (χ1) is 13.0. The number of fused-ring (bicyclic) bond motifs is 1. The molecule has 0 aromatic carbocycles. The molecule has 0 saturated carbocycles. The molecular weight excluding hydrogens is 433 g/mol. The maximum atomic E-state index is 12.5. The van der Waals surface area contributed by atoms with E-state index in [2.05, 4.69) is 15.5 Å². The van der Waals surface area contributed by atoms with Gasteiger partial charge < -0.3 is 21.0 Å². The average molecular weight is 445 g/mol. The van der Waals surface area contributed by atoms with Gasteiger partial charge in [-0.15, -0.1) is 33.3 Å². The third-order valence-electron chi connectivity index (χ3n) is 4.09. The maximum Gasteiger partial charge on any atom is 1.00 e. The number of nitrogens with two attached hydrogens (primary N) is 1. The van der Waals surface area contributed by atoms with Crippen molar-refractivity contribution >= 4 is 62.9 Å². The molecule has 9 nitrogen and oxygen atoms in total. The van der Waals surface area contributed by atoms with Gasteiger partial charge in [0.2, 0.25) is 11.0 Å². The molecule has 4 rings (SSSR count). The molecule has 28 heavy (non-hydrogen) atoms. The predicted octanol–water partition coefficient (Wildman–Crippen LogP) is -3.71. The zero-order valence-electron chi connectivity index (χ0n) is 14.6. The summed E-state index contributed by atoms with van der Waals surface area (Å²) in [5.41, 5.74) is 5.68. The van der Waals surface area contributed by atoms with Crippen molar-refractivity contribution in [2.24, 2.45) is 0 Å². The smallest absolute Gasteiger partial charge is 0.543 e. The van der Waals surface area contributed by atoms with Crippen LogP contribution in [0.3, 0.4) is 0 Å². The van der Waals surface area contributed by atoms with Crippen LogP contribution in [0.2, 0.25) is 0 Å². The van der Waals surface area contributed by atoms with Crippen molar-refractivity contribution in [3.8, 4) is 0 Å². The molecule has 4 heterocycles. The van der Waals surface area contributed by atoms with Gasteiger partial charge in [-0.1, -0.05) is 17.4 Å². The van der Waals surface area contributed by atoms with E-state index in [1.165, 1.54) is 23.1 Å². The number of hydrogen-bond acceptors (Lipinski definition) is 10. The molecule has 2 aromatic rings. The van der Waals surface area contributed by atoms with Crippen LogP contribution in [0.4, 0.5) is 5.13 Å². The van der Waals surface area contributed by atoms with Gasteiger partial charge in [0, 0.05) is 16.2 Å². The van der Waals surface area contributed by atoms with Crippen molar-refractivity contribution < 1.29 is 49.0 Å². The number of thiophene rings is 1. The van der Waals surface area contributed by atoms with Gasteiger partial charge in [0.1, 0.15) is 16.4 Å². The molecule has 1 saturated heterocycles. The van der Waals surface area contributed by atoms with Crippen molar-refractivity contribution in [2.45, 2.75) is 17.8 Å². The van der Waals surface area contributed by atoms with Crippen LogP contribution in [-0.2, 0) is 20.8 Å². The molecular formula is C15H12N5NaO4S3. The number of hydrogen-bond donors (Lipinski definition) is 2. The maximum absolute atomic E-state index is 12.5. The molecule has 0 aliphatic carbocycles. The minimum Gasteiger partial charge on any atom is -0.543 e. The molecule has 2 atom stereocenters.